The van der Waals surface area contributed by atoms with Crippen molar-refractivity contribution in [3.63, 3.8) is 0 Å². The van der Waals surface area contributed by atoms with Gasteiger partial charge in [-0.1, -0.05) is 54.6 Å². The van der Waals surface area contributed by atoms with Crippen molar-refractivity contribution in [3.05, 3.63) is 105 Å². The number of carbonyl (C=O) groups is 1. The van der Waals surface area contributed by atoms with E-state index < -0.39 is 0 Å². The van der Waals surface area contributed by atoms with E-state index >= 15 is 0 Å². The molecule has 1 aromatic heterocycles. The van der Waals surface area contributed by atoms with Gasteiger partial charge in [0.25, 0.3) is 11.5 Å². The van der Waals surface area contributed by atoms with Gasteiger partial charge in [-0.2, -0.15) is 0 Å². The van der Waals surface area contributed by atoms with Crippen LogP contribution in [0.5, 0.6) is 0 Å². The lowest BCUT2D eigenvalue weighted by Gasteiger charge is -2.08. The van der Waals surface area contributed by atoms with Crippen LogP contribution in [0.3, 0.4) is 0 Å². The number of ether oxygens (including phenoxy) is 1. The highest BCUT2D eigenvalue weighted by atomic mass is 16.5. The molecule has 2 N–H and O–H groups in total. The van der Waals surface area contributed by atoms with Gasteiger partial charge >= 0.3 is 0 Å². The third-order valence-electron chi connectivity index (χ3n) is 4.12. The Bertz CT molecular complexity index is 965. The van der Waals surface area contributed by atoms with Crippen molar-refractivity contribution in [2.24, 2.45) is 0 Å². The second-order valence-corrected chi connectivity index (χ2v) is 6.37. The zero-order chi connectivity index (χ0) is 19.1. The van der Waals surface area contributed by atoms with Crippen LogP contribution in [0, 0.1) is 6.92 Å². The predicted molar refractivity (Wildman–Crippen MR) is 104 cm³/mol. The first-order valence-corrected chi connectivity index (χ1v) is 8.79. The van der Waals surface area contributed by atoms with E-state index in [0.29, 0.717) is 19.8 Å². The lowest BCUT2D eigenvalue weighted by Crippen LogP contribution is -2.29. The second kappa shape index (κ2) is 8.96. The van der Waals surface area contributed by atoms with Crippen LogP contribution in [0.1, 0.15) is 32.7 Å². The van der Waals surface area contributed by atoms with E-state index in [1.165, 1.54) is 6.07 Å². The maximum atomic E-state index is 12.2. The van der Waals surface area contributed by atoms with E-state index in [2.05, 4.69) is 10.3 Å². The minimum absolute atomic E-state index is 0.114. The fourth-order valence-corrected chi connectivity index (χ4v) is 2.72. The monoisotopic (exact) mass is 362 g/mol. The van der Waals surface area contributed by atoms with Gasteiger partial charge in [-0.25, -0.2) is 0 Å². The van der Waals surface area contributed by atoms with Gasteiger partial charge < -0.3 is 15.0 Å². The normalized spacial score (nSPS) is 10.6. The summed E-state index contributed by atoms with van der Waals surface area (Å²) in [5, 5.41) is 2.78. The first kappa shape index (κ1) is 18.6. The molecule has 27 heavy (non-hydrogen) atoms. The van der Waals surface area contributed by atoms with Crippen molar-refractivity contribution in [2.75, 3.05) is 0 Å². The van der Waals surface area contributed by atoms with Gasteiger partial charge in [-0.05, 0) is 35.7 Å². The van der Waals surface area contributed by atoms with Crippen LogP contribution >= 0.6 is 0 Å². The van der Waals surface area contributed by atoms with Gasteiger partial charge in [0.15, 0.2) is 0 Å². The number of H-pyrrole nitrogens is 1. The number of amides is 1. The number of aryl methyl sites for hydroxylation is 1. The lowest BCUT2D eigenvalue weighted by molar-refractivity contribution is 0.0949. The smallest absolute Gasteiger partial charge is 0.260 e. The van der Waals surface area contributed by atoms with E-state index in [9.17, 15) is 9.59 Å². The summed E-state index contributed by atoms with van der Waals surface area (Å²) >= 11 is 0. The number of benzene rings is 2. The molecule has 1 amide bonds. The highest BCUT2D eigenvalue weighted by Crippen LogP contribution is 2.09. The molecule has 0 saturated carbocycles. The van der Waals surface area contributed by atoms with Crippen LogP contribution in [0.15, 0.2) is 71.5 Å². The average Bonchev–Trinajstić information content (AvgIpc) is 2.67. The summed E-state index contributed by atoms with van der Waals surface area (Å²) in [6, 6.07) is 21.1. The molecule has 2 aromatic carbocycles. The zero-order valence-corrected chi connectivity index (χ0v) is 15.2. The molecule has 3 rings (SSSR count). The molecule has 0 saturated heterocycles. The molecule has 1 heterocycles. The second-order valence-electron chi connectivity index (χ2n) is 6.37. The van der Waals surface area contributed by atoms with Crippen molar-refractivity contribution < 1.29 is 9.53 Å². The Hall–Kier alpha value is -3.18. The number of carbonyl (C=O) groups excluding carboxylic acids is 1. The van der Waals surface area contributed by atoms with Crippen molar-refractivity contribution in [1.29, 1.82) is 0 Å². The molecule has 5 heteroatoms. The molecule has 0 atom stereocenters. The summed E-state index contributed by atoms with van der Waals surface area (Å²) in [5.41, 5.74) is 3.57. The van der Waals surface area contributed by atoms with E-state index in [1.807, 2.05) is 54.6 Å². The van der Waals surface area contributed by atoms with Crippen LogP contribution in [-0.4, -0.2) is 10.9 Å². The van der Waals surface area contributed by atoms with Crippen molar-refractivity contribution in [1.82, 2.24) is 10.3 Å². The van der Waals surface area contributed by atoms with Gasteiger partial charge in [0.2, 0.25) is 0 Å². The number of hydrogen-bond donors (Lipinski definition) is 2. The third-order valence-corrected chi connectivity index (χ3v) is 4.12. The summed E-state index contributed by atoms with van der Waals surface area (Å²) in [6.07, 6.45) is 0. The van der Waals surface area contributed by atoms with Crippen LogP contribution in [0.4, 0.5) is 0 Å². The highest BCUT2D eigenvalue weighted by molar-refractivity contribution is 5.93. The highest BCUT2D eigenvalue weighted by Gasteiger charge is 2.10. The van der Waals surface area contributed by atoms with Gasteiger partial charge in [-0.15, -0.1) is 0 Å². The van der Waals surface area contributed by atoms with E-state index in [0.717, 1.165) is 22.4 Å². The summed E-state index contributed by atoms with van der Waals surface area (Å²) in [4.78, 5) is 26.7. The molecule has 0 bridgehead atoms. The Morgan fingerprint density at radius 2 is 1.63 bits per heavy atom. The molecule has 0 aliphatic rings. The van der Waals surface area contributed by atoms with E-state index in [4.69, 9.17) is 4.74 Å². The molecule has 0 spiro atoms. The van der Waals surface area contributed by atoms with Crippen LogP contribution in [0.25, 0.3) is 0 Å². The van der Waals surface area contributed by atoms with Crippen molar-refractivity contribution in [3.8, 4) is 0 Å². The summed E-state index contributed by atoms with van der Waals surface area (Å²) in [6.45, 7) is 3.17. The van der Waals surface area contributed by atoms with Gasteiger partial charge in [0, 0.05) is 12.2 Å². The summed E-state index contributed by atoms with van der Waals surface area (Å²) in [5.74, 6) is -0.387. The molecule has 0 radical (unpaired) electrons. The molecule has 0 aliphatic carbocycles. The number of pyridine rings is 1. The quantitative estimate of drug-likeness (QED) is 0.677. The van der Waals surface area contributed by atoms with Crippen molar-refractivity contribution in [2.45, 2.75) is 26.7 Å². The van der Waals surface area contributed by atoms with Crippen LogP contribution in [-0.2, 0) is 24.5 Å². The molecular formula is C22H22N2O3. The molecule has 0 fully saturated rings. The SMILES string of the molecule is Cc1ccc(C(=O)NCc2cccc(COCc3ccccc3)c2)c(=O)[nH]1. The molecular weight excluding hydrogens is 340 g/mol. The van der Waals surface area contributed by atoms with Gasteiger partial charge in [-0.3, -0.25) is 9.59 Å². The minimum atomic E-state index is -0.387. The number of rotatable bonds is 7. The lowest BCUT2D eigenvalue weighted by atomic mass is 10.1. The third kappa shape index (κ3) is 5.39. The molecule has 5 nitrogen and oxygen atoms in total. The Kier molecular flexibility index (Phi) is 6.18. The topological polar surface area (TPSA) is 71.2 Å². The fraction of sp³-hybridized carbons (Fsp3) is 0.182. The Morgan fingerprint density at radius 1 is 0.926 bits per heavy atom. The first-order valence-electron chi connectivity index (χ1n) is 8.79. The van der Waals surface area contributed by atoms with Crippen LogP contribution in [0.2, 0.25) is 0 Å². The molecule has 138 valence electrons. The Balaban J connectivity index is 1.54. The predicted octanol–water partition coefficient (Wildman–Crippen LogP) is 3.33. The average molecular weight is 362 g/mol. The standard InChI is InChI=1S/C22H22N2O3/c1-16-10-11-20(22(26)24-16)21(25)23-13-18-8-5-9-19(12-18)15-27-14-17-6-3-2-4-7-17/h2-12H,13-15H2,1H3,(H,23,25)(H,24,26). The number of nitrogens with one attached hydrogen (secondary N) is 2. The van der Waals surface area contributed by atoms with E-state index in [-0.39, 0.29) is 17.0 Å². The minimum Gasteiger partial charge on any atom is -0.372 e. The van der Waals surface area contributed by atoms with E-state index in [1.54, 1.807) is 13.0 Å². The summed E-state index contributed by atoms with van der Waals surface area (Å²) < 4.78 is 5.75. The number of hydrogen-bond acceptors (Lipinski definition) is 3. The maximum absolute atomic E-state index is 12.2. The number of aromatic amines is 1. The van der Waals surface area contributed by atoms with Crippen molar-refractivity contribution >= 4 is 5.91 Å². The molecule has 0 unspecified atom stereocenters. The Morgan fingerprint density at radius 3 is 2.41 bits per heavy atom. The van der Waals surface area contributed by atoms with Crippen LogP contribution < -0.4 is 10.9 Å². The van der Waals surface area contributed by atoms with Gasteiger partial charge in [0.1, 0.15) is 5.56 Å². The zero-order valence-electron chi connectivity index (χ0n) is 15.2. The first-order chi connectivity index (χ1) is 13.1. The fourth-order valence-electron chi connectivity index (χ4n) is 2.72. The number of aromatic nitrogens is 1. The maximum Gasteiger partial charge on any atom is 0.260 e. The summed E-state index contributed by atoms with van der Waals surface area (Å²) in [7, 11) is 0. The molecule has 3 aromatic rings. The Labute approximate surface area is 158 Å². The molecule has 0 aliphatic heterocycles. The largest absolute Gasteiger partial charge is 0.372 e. The van der Waals surface area contributed by atoms with Gasteiger partial charge in [0.05, 0.1) is 13.2 Å².